The van der Waals surface area contributed by atoms with Gasteiger partial charge in [0.15, 0.2) is 0 Å². The zero-order valence-corrected chi connectivity index (χ0v) is 14.6. The third-order valence-corrected chi connectivity index (χ3v) is 5.62. The summed E-state index contributed by atoms with van der Waals surface area (Å²) in [6.07, 6.45) is 1.67. The molecule has 1 aliphatic heterocycles. The molecular formula is C12H12BrCl2NO4S. The Labute approximate surface area is 140 Å². The van der Waals surface area contributed by atoms with Crippen LogP contribution in [-0.2, 0) is 13.8 Å². The zero-order valence-electron chi connectivity index (χ0n) is 10.7. The van der Waals surface area contributed by atoms with Crippen LogP contribution in [0.15, 0.2) is 21.5 Å². The minimum atomic E-state index is -3.98. The molecule has 1 aliphatic rings. The highest BCUT2D eigenvalue weighted by molar-refractivity contribution is 9.10. The van der Waals surface area contributed by atoms with Gasteiger partial charge in [0, 0.05) is 21.8 Å². The lowest BCUT2D eigenvalue weighted by Gasteiger charge is -2.23. The van der Waals surface area contributed by atoms with E-state index >= 15 is 0 Å². The van der Waals surface area contributed by atoms with Gasteiger partial charge in [-0.05, 0) is 40.9 Å². The first kappa shape index (κ1) is 17.0. The number of carbonyl (C=O) groups is 1. The fraction of sp³-hybridized carbons (Fsp3) is 0.417. The molecule has 1 atom stereocenters. The standard InChI is InChI=1S/C12H12BrCl2NO4S/c13-9-5-10(14)8(4-11(9)21(15,18)19)12(17)16-7-2-1-3-20-6-7/h4-5,7H,1-3,6H2,(H,16,17). The van der Waals surface area contributed by atoms with Crippen LogP contribution in [0.5, 0.6) is 0 Å². The molecule has 9 heteroatoms. The molecule has 0 aromatic heterocycles. The fourth-order valence-corrected chi connectivity index (χ4v) is 4.58. The van der Waals surface area contributed by atoms with Gasteiger partial charge in [0.2, 0.25) is 0 Å². The van der Waals surface area contributed by atoms with Crippen molar-refractivity contribution in [2.45, 2.75) is 23.8 Å². The lowest BCUT2D eigenvalue weighted by atomic mass is 10.1. The van der Waals surface area contributed by atoms with Crippen molar-refractivity contribution in [2.75, 3.05) is 13.2 Å². The summed E-state index contributed by atoms with van der Waals surface area (Å²) in [5, 5.41) is 2.91. The van der Waals surface area contributed by atoms with E-state index in [-0.39, 0.29) is 26.0 Å². The number of benzene rings is 1. The second kappa shape index (κ2) is 6.83. The van der Waals surface area contributed by atoms with Gasteiger partial charge in [-0.25, -0.2) is 8.42 Å². The Bertz CT molecular complexity index is 659. The van der Waals surface area contributed by atoms with Crippen LogP contribution >= 0.6 is 38.2 Å². The molecule has 0 saturated carbocycles. The molecule has 1 aromatic carbocycles. The van der Waals surface area contributed by atoms with Crippen molar-refractivity contribution in [3.8, 4) is 0 Å². The van der Waals surface area contributed by atoms with Crippen molar-refractivity contribution in [1.82, 2.24) is 5.32 Å². The van der Waals surface area contributed by atoms with Gasteiger partial charge in [-0.2, -0.15) is 0 Å². The molecule has 0 spiro atoms. The van der Waals surface area contributed by atoms with Gasteiger partial charge in [0.05, 0.1) is 28.1 Å². The molecule has 1 heterocycles. The van der Waals surface area contributed by atoms with Crippen LogP contribution in [0.4, 0.5) is 0 Å². The summed E-state index contributed by atoms with van der Waals surface area (Å²) in [6.45, 7) is 1.11. The Hall–Kier alpha value is -0.340. The third kappa shape index (κ3) is 4.32. The third-order valence-electron chi connectivity index (χ3n) is 3.02. The first-order valence-corrected chi connectivity index (χ1v) is 9.59. The van der Waals surface area contributed by atoms with Crippen LogP contribution < -0.4 is 5.32 Å². The lowest BCUT2D eigenvalue weighted by Crippen LogP contribution is -2.40. The van der Waals surface area contributed by atoms with E-state index < -0.39 is 15.0 Å². The summed E-state index contributed by atoms with van der Waals surface area (Å²) >= 11 is 9.07. The summed E-state index contributed by atoms with van der Waals surface area (Å²) in [5.74, 6) is -0.454. The van der Waals surface area contributed by atoms with Gasteiger partial charge >= 0.3 is 0 Å². The SMILES string of the molecule is O=C(NC1CCCOC1)c1cc(S(=O)(=O)Cl)c(Br)cc1Cl. The Morgan fingerprint density at radius 3 is 2.71 bits per heavy atom. The highest BCUT2D eigenvalue weighted by Gasteiger charge is 2.23. The highest BCUT2D eigenvalue weighted by Crippen LogP contribution is 2.31. The Kier molecular flexibility index (Phi) is 5.54. The van der Waals surface area contributed by atoms with E-state index in [0.29, 0.717) is 13.2 Å². The molecule has 1 unspecified atom stereocenters. The first-order valence-electron chi connectivity index (χ1n) is 6.11. The van der Waals surface area contributed by atoms with Crippen LogP contribution in [0.25, 0.3) is 0 Å². The van der Waals surface area contributed by atoms with Gasteiger partial charge in [0.25, 0.3) is 15.0 Å². The quantitative estimate of drug-likeness (QED) is 0.768. The summed E-state index contributed by atoms with van der Waals surface area (Å²) < 4.78 is 28.4. The van der Waals surface area contributed by atoms with Crippen LogP contribution in [0, 0.1) is 0 Å². The van der Waals surface area contributed by atoms with Crippen molar-refractivity contribution in [1.29, 1.82) is 0 Å². The second-order valence-corrected chi connectivity index (χ2v) is 8.38. The predicted octanol–water partition coefficient (Wildman–Crippen LogP) is 2.94. The summed E-state index contributed by atoms with van der Waals surface area (Å²) in [6, 6.07) is 2.39. The van der Waals surface area contributed by atoms with E-state index in [1.54, 1.807) is 0 Å². The maximum Gasteiger partial charge on any atom is 0.262 e. The van der Waals surface area contributed by atoms with Crippen molar-refractivity contribution in [3.63, 3.8) is 0 Å². The second-order valence-electron chi connectivity index (χ2n) is 4.59. The van der Waals surface area contributed by atoms with Crippen molar-refractivity contribution in [2.24, 2.45) is 0 Å². The molecule has 0 aliphatic carbocycles. The Morgan fingerprint density at radius 1 is 1.43 bits per heavy atom. The molecule has 1 saturated heterocycles. The topological polar surface area (TPSA) is 72.5 Å². The number of carbonyl (C=O) groups excluding carboxylic acids is 1. The van der Waals surface area contributed by atoms with E-state index in [1.165, 1.54) is 6.07 Å². The van der Waals surface area contributed by atoms with Gasteiger partial charge in [0.1, 0.15) is 0 Å². The van der Waals surface area contributed by atoms with Crippen molar-refractivity contribution >= 4 is 53.2 Å². The maximum absolute atomic E-state index is 12.2. The summed E-state index contributed by atoms with van der Waals surface area (Å²) in [4.78, 5) is 12.0. The van der Waals surface area contributed by atoms with Crippen LogP contribution in [0.1, 0.15) is 23.2 Å². The van der Waals surface area contributed by atoms with Crippen LogP contribution in [0.3, 0.4) is 0 Å². The highest BCUT2D eigenvalue weighted by atomic mass is 79.9. The molecular weight excluding hydrogens is 405 g/mol. The van der Waals surface area contributed by atoms with E-state index in [9.17, 15) is 13.2 Å². The van der Waals surface area contributed by atoms with Gasteiger partial charge < -0.3 is 10.1 Å². The number of nitrogens with one attached hydrogen (secondary N) is 1. The normalized spacial score (nSPS) is 19.3. The monoisotopic (exact) mass is 415 g/mol. The minimum Gasteiger partial charge on any atom is -0.379 e. The van der Waals surface area contributed by atoms with Gasteiger partial charge in [-0.15, -0.1) is 0 Å². The fourth-order valence-electron chi connectivity index (χ4n) is 2.01. The molecule has 1 amide bonds. The number of ether oxygens (including phenoxy) is 1. The molecule has 1 aromatic rings. The van der Waals surface area contributed by atoms with Crippen LogP contribution in [0.2, 0.25) is 5.02 Å². The van der Waals surface area contributed by atoms with E-state index in [1.807, 2.05) is 0 Å². The van der Waals surface area contributed by atoms with Crippen molar-refractivity contribution < 1.29 is 17.9 Å². The molecule has 5 nitrogen and oxygen atoms in total. The van der Waals surface area contributed by atoms with Gasteiger partial charge in [-0.3, -0.25) is 4.79 Å². The van der Waals surface area contributed by atoms with E-state index in [2.05, 4.69) is 21.2 Å². The zero-order chi connectivity index (χ0) is 15.6. The average Bonchev–Trinajstić information content (AvgIpc) is 2.38. The molecule has 0 radical (unpaired) electrons. The van der Waals surface area contributed by atoms with E-state index in [4.69, 9.17) is 27.0 Å². The van der Waals surface area contributed by atoms with Gasteiger partial charge in [-0.1, -0.05) is 11.6 Å². The first-order chi connectivity index (χ1) is 9.79. The average molecular weight is 417 g/mol. The lowest BCUT2D eigenvalue weighted by molar-refractivity contribution is 0.0624. The summed E-state index contributed by atoms with van der Waals surface area (Å²) in [5.41, 5.74) is 0.0599. The van der Waals surface area contributed by atoms with Crippen LogP contribution in [-0.4, -0.2) is 33.6 Å². The van der Waals surface area contributed by atoms with E-state index in [0.717, 1.165) is 18.9 Å². The minimum absolute atomic E-state index is 0.0599. The number of rotatable bonds is 3. The largest absolute Gasteiger partial charge is 0.379 e. The molecule has 2 rings (SSSR count). The molecule has 21 heavy (non-hydrogen) atoms. The number of hydrogen-bond donors (Lipinski definition) is 1. The Morgan fingerprint density at radius 2 is 2.14 bits per heavy atom. The molecule has 116 valence electrons. The maximum atomic E-state index is 12.2. The summed E-state index contributed by atoms with van der Waals surface area (Å²) in [7, 11) is 1.35. The van der Waals surface area contributed by atoms with Crippen molar-refractivity contribution in [3.05, 3.63) is 27.2 Å². The molecule has 1 N–H and O–H groups in total. The number of halogens is 3. The number of hydrogen-bond acceptors (Lipinski definition) is 4. The number of amides is 1. The Balaban J connectivity index is 2.28. The molecule has 0 bridgehead atoms. The molecule has 1 fully saturated rings. The predicted molar refractivity (Wildman–Crippen MR) is 83.5 cm³/mol. The smallest absolute Gasteiger partial charge is 0.262 e.